The molecule has 14 heavy (non-hydrogen) atoms. The van der Waals surface area contributed by atoms with Gasteiger partial charge in [-0.25, -0.2) is 0 Å². The second-order valence-corrected chi connectivity index (χ2v) is 3.68. The van der Waals surface area contributed by atoms with Crippen LogP contribution in [-0.2, 0) is 0 Å². The van der Waals surface area contributed by atoms with E-state index in [-0.39, 0.29) is 12.5 Å². The van der Waals surface area contributed by atoms with Gasteiger partial charge in [-0.3, -0.25) is 0 Å². The first-order valence-electron chi connectivity index (χ1n) is 4.14. The van der Waals surface area contributed by atoms with Gasteiger partial charge in [0.15, 0.2) is 0 Å². The summed E-state index contributed by atoms with van der Waals surface area (Å²) in [7, 11) is 0. The van der Waals surface area contributed by atoms with E-state index in [9.17, 15) is 0 Å². The Morgan fingerprint density at radius 2 is 2.07 bits per heavy atom. The molecule has 2 nitrogen and oxygen atoms in total. The van der Waals surface area contributed by atoms with Crippen LogP contribution in [0.1, 0.15) is 17.9 Å². The molecule has 1 N–H and O–H groups in total. The summed E-state index contributed by atoms with van der Waals surface area (Å²) in [5.74, 6) is -0.324. The lowest BCUT2D eigenvalue weighted by molar-refractivity contribution is 0.283. The number of nitriles is 1. The zero-order valence-electron chi connectivity index (χ0n) is 7.37. The van der Waals surface area contributed by atoms with E-state index in [0.717, 1.165) is 5.56 Å². The highest BCUT2D eigenvalue weighted by Crippen LogP contribution is 2.27. The molecule has 0 aromatic heterocycles. The standard InChI is InChI=1S/C10H9Cl2NO/c11-9-2-1-7(5-10(9)12)8(6-13)3-4-14/h1-2,5,8,14H,3-4H2. The van der Waals surface area contributed by atoms with Gasteiger partial charge in [-0.2, -0.15) is 5.26 Å². The molecule has 0 aliphatic rings. The van der Waals surface area contributed by atoms with E-state index in [1.54, 1.807) is 18.2 Å². The van der Waals surface area contributed by atoms with Gasteiger partial charge >= 0.3 is 0 Å². The summed E-state index contributed by atoms with van der Waals surface area (Å²) < 4.78 is 0. The van der Waals surface area contributed by atoms with Crippen LogP contribution in [0.4, 0.5) is 0 Å². The minimum atomic E-state index is -0.324. The summed E-state index contributed by atoms with van der Waals surface area (Å²) in [4.78, 5) is 0. The third kappa shape index (κ3) is 2.62. The lowest BCUT2D eigenvalue weighted by atomic mass is 9.98. The van der Waals surface area contributed by atoms with Crippen LogP contribution in [0.25, 0.3) is 0 Å². The molecule has 0 radical (unpaired) electrons. The number of nitrogens with zero attached hydrogens (tertiary/aromatic N) is 1. The minimum Gasteiger partial charge on any atom is -0.396 e. The molecule has 1 aromatic rings. The zero-order chi connectivity index (χ0) is 10.6. The lowest BCUT2D eigenvalue weighted by Crippen LogP contribution is -1.98. The van der Waals surface area contributed by atoms with Crippen molar-refractivity contribution in [1.82, 2.24) is 0 Å². The minimum absolute atomic E-state index is 0.0154. The predicted molar refractivity (Wildman–Crippen MR) is 56.5 cm³/mol. The molecule has 0 spiro atoms. The summed E-state index contributed by atoms with van der Waals surface area (Å²) in [5.41, 5.74) is 0.788. The molecule has 1 unspecified atom stereocenters. The first-order valence-corrected chi connectivity index (χ1v) is 4.90. The molecule has 0 bridgehead atoms. The van der Waals surface area contributed by atoms with Crippen molar-refractivity contribution < 1.29 is 5.11 Å². The van der Waals surface area contributed by atoms with Crippen molar-refractivity contribution in [2.24, 2.45) is 0 Å². The lowest BCUT2D eigenvalue weighted by Gasteiger charge is -2.08. The smallest absolute Gasteiger partial charge is 0.0735 e. The second-order valence-electron chi connectivity index (χ2n) is 2.87. The first-order chi connectivity index (χ1) is 6.69. The van der Waals surface area contributed by atoms with Gasteiger partial charge in [-0.1, -0.05) is 29.3 Å². The average molecular weight is 230 g/mol. The summed E-state index contributed by atoms with van der Waals surface area (Å²) in [5, 5.41) is 18.5. The van der Waals surface area contributed by atoms with Crippen molar-refractivity contribution in [2.75, 3.05) is 6.61 Å². The van der Waals surface area contributed by atoms with Crippen LogP contribution >= 0.6 is 23.2 Å². The SMILES string of the molecule is N#CC(CCO)c1ccc(Cl)c(Cl)c1. The molecule has 0 saturated carbocycles. The third-order valence-electron chi connectivity index (χ3n) is 1.92. The summed E-state index contributed by atoms with van der Waals surface area (Å²) in [6.07, 6.45) is 0.411. The summed E-state index contributed by atoms with van der Waals surface area (Å²) >= 11 is 11.6. The Kier molecular flexibility index (Phi) is 4.21. The summed E-state index contributed by atoms with van der Waals surface area (Å²) in [6, 6.07) is 7.17. The first kappa shape index (κ1) is 11.3. The fourth-order valence-corrected chi connectivity index (χ4v) is 1.47. The molecule has 1 rings (SSSR count). The van der Waals surface area contributed by atoms with Crippen LogP contribution in [0, 0.1) is 11.3 Å². The molecule has 4 heteroatoms. The van der Waals surface area contributed by atoms with Crippen LogP contribution < -0.4 is 0 Å². The largest absolute Gasteiger partial charge is 0.396 e. The maximum Gasteiger partial charge on any atom is 0.0735 e. The highest BCUT2D eigenvalue weighted by Gasteiger charge is 2.11. The number of halogens is 2. The number of hydrogen-bond acceptors (Lipinski definition) is 2. The van der Waals surface area contributed by atoms with E-state index < -0.39 is 0 Å². The normalized spacial score (nSPS) is 12.1. The van der Waals surface area contributed by atoms with Crippen molar-refractivity contribution in [2.45, 2.75) is 12.3 Å². The summed E-state index contributed by atoms with van der Waals surface area (Å²) in [6.45, 7) is -0.0154. The molecule has 0 amide bonds. The third-order valence-corrected chi connectivity index (χ3v) is 2.66. The van der Waals surface area contributed by atoms with Crippen molar-refractivity contribution in [3.8, 4) is 6.07 Å². The Morgan fingerprint density at radius 1 is 1.36 bits per heavy atom. The Balaban J connectivity index is 2.95. The van der Waals surface area contributed by atoms with Gasteiger partial charge in [-0.05, 0) is 24.1 Å². The van der Waals surface area contributed by atoms with Crippen LogP contribution in [0.2, 0.25) is 10.0 Å². The highest BCUT2D eigenvalue weighted by molar-refractivity contribution is 6.42. The van der Waals surface area contributed by atoms with E-state index in [0.29, 0.717) is 16.5 Å². The van der Waals surface area contributed by atoms with E-state index in [1.165, 1.54) is 0 Å². The topological polar surface area (TPSA) is 44.0 Å². The highest BCUT2D eigenvalue weighted by atomic mass is 35.5. The molecular formula is C10H9Cl2NO. The van der Waals surface area contributed by atoms with E-state index in [1.807, 2.05) is 0 Å². The molecule has 74 valence electrons. The van der Waals surface area contributed by atoms with Gasteiger partial charge in [0.2, 0.25) is 0 Å². The quantitative estimate of drug-likeness (QED) is 0.867. The van der Waals surface area contributed by atoms with Crippen molar-refractivity contribution in [3.63, 3.8) is 0 Å². The molecule has 0 aliphatic heterocycles. The fourth-order valence-electron chi connectivity index (χ4n) is 1.16. The van der Waals surface area contributed by atoms with Crippen molar-refractivity contribution in [1.29, 1.82) is 5.26 Å². The Labute approximate surface area is 92.7 Å². The number of benzene rings is 1. The fraction of sp³-hybridized carbons (Fsp3) is 0.300. The number of hydrogen-bond donors (Lipinski definition) is 1. The molecule has 0 heterocycles. The maximum absolute atomic E-state index is 8.83. The van der Waals surface area contributed by atoms with Crippen molar-refractivity contribution >= 4 is 23.2 Å². The number of rotatable bonds is 3. The monoisotopic (exact) mass is 229 g/mol. The van der Waals surface area contributed by atoms with E-state index in [2.05, 4.69) is 6.07 Å². The van der Waals surface area contributed by atoms with E-state index >= 15 is 0 Å². The van der Waals surface area contributed by atoms with Crippen LogP contribution in [0.3, 0.4) is 0 Å². The van der Waals surface area contributed by atoms with Gasteiger partial charge in [-0.15, -0.1) is 0 Å². The Hall–Kier alpha value is -0.750. The van der Waals surface area contributed by atoms with Gasteiger partial charge in [0.05, 0.1) is 22.0 Å². The van der Waals surface area contributed by atoms with Gasteiger partial charge in [0, 0.05) is 6.61 Å². The molecule has 0 fully saturated rings. The van der Waals surface area contributed by atoms with Crippen LogP contribution in [0.5, 0.6) is 0 Å². The molecular weight excluding hydrogens is 221 g/mol. The predicted octanol–water partition coefficient (Wildman–Crippen LogP) is 2.98. The van der Waals surface area contributed by atoms with Gasteiger partial charge in [0.1, 0.15) is 0 Å². The second kappa shape index (κ2) is 5.21. The van der Waals surface area contributed by atoms with Gasteiger partial charge in [0.25, 0.3) is 0 Å². The molecule has 0 saturated heterocycles. The zero-order valence-corrected chi connectivity index (χ0v) is 8.89. The maximum atomic E-state index is 8.83. The Morgan fingerprint density at radius 3 is 2.57 bits per heavy atom. The Bertz CT molecular complexity index is 360. The van der Waals surface area contributed by atoms with Crippen LogP contribution in [0.15, 0.2) is 18.2 Å². The van der Waals surface area contributed by atoms with Crippen LogP contribution in [-0.4, -0.2) is 11.7 Å². The number of aliphatic hydroxyl groups is 1. The van der Waals surface area contributed by atoms with Gasteiger partial charge < -0.3 is 5.11 Å². The molecule has 1 aromatic carbocycles. The molecule has 0 aliphatic carbocycles. The average Bonchev–Trinajstić information content (AvgIpc) is 2.19. The van der Waals surface area contributed by atoms with E-state index in [4.69, 9.17) is 33.6 Å². The van der Waals surface area contributed by atoms with Crippen molar-refractivity contribution in [3.05, 3.63) is 33.8 Å². The number of aliphatic hydroxyl groups excluding tert-OH is 1. The molecule has 1 atom stereocenters.